The number of aromatic nitrogens is 1. The molecule has 1 aromatic heterocycles. The van der Waals surface area contributed by atoms with Crippen LogP contribution < -0.4 is 10.2 Å². The zero-order valence-electron chi connectivity index (χ0n) is 10.5. The van der Waals surface area contributed by atoms with Gasteiger partial charge in [0.2, 0.25) is 0 Å². The fourth-order valence-corrected chi connectivity index (χ4v) is 3.42. The molecule has 0 radical (unpaired) electrons. The van der Waals surface area contributed by atoms with Gasteiger partial charge in [-0.15, -0.1) is 11.3 Å². The van der Waals surface area contributed by atoms with E-state index in [0.717, 1.165) is 18.6 Å². The Morgan fingerprint density at radius 1 is 1.35 bits per heavy atom. The van der Waals surface area contributed by atoms with Crippen LogP contribution in [0.4, 0.5) is 5.13 Å². The monoisotopic (exact) mass is 251 g/mol. The van der Waals surface area contributed by atoms with Crippen LogP contribution in [0.15, 0.2) is 6.20 Å². The lowest BCUT2D eigenvalue weighted by atomic mass is 10.2. The van der Waals surface area contributed by atoms with Gasteiger partial charge in [0.1, 0.15) is 0 Å². The normalized spacial score (nSPS) is 21.0. The van der Waals surface area contributed by atoms with Crippen molar-refractivity contribution in [3.05, 3.63) is 11.1 Å². The van der Waals surface area contributed by atoms with Crippen LogP contribution in [0.5, 0.6) is 0 Å². The maximum atomic E-state index is 4.56. The smallest absolute Gasteiger partial charge is 0.185 e. The van der Waals surface area contributed by atoms with Crippen molar-refractivity contribution < 1.29 is 0 Å². The molecule has 0 unspecified atom stereocenters. The zero-order valence-corrected chi connectivity index (χ0v) is 11.3. The minimum atomic E-state index is 0.727. The van der Waals surface area contributed by atoms with Crippen molar-refractivity contribution in [1.82, 2.24) is 10.3 Å². The highest BCUT2D eigenvalue weighted by Gasteiger charge is 2.23. The van der Waals surface area contributed by atoms with Crippen molar-refractivity contribution in [2.45, 2.75) is 57.2 Å². The third kappa shape index (κ3) is 2.80. The minimum Gasteiger partial charge on any atom is -0.348 e. The Morgan fingerprint density at radius 3 is 2.82 bits per heavy atom. The first-order valence-corrected chi connectivity index (χ1v) is 7.55. The first kappa shape index (κ1) is 11.5. The van der Waals surface area contributed by atoms with Gasteiger partial charge in [0.25, 0.3) is 0 Å². The Balaban J connectivity index is 1.57. The van der Waals surface area contributed by atoms with Gasteiger partial charge in [-0.2, -0.15) is 0 Å². The number of nitrogens with zero attached hydrogens (tertiary/aromatic N) is 2. The molecule has 0 aliphatic heterocycles. The Morgan fingerprint density at radius 2 is 2.12 bits per heavy atom. The second-order valence-electron chi connectivity index (χ2n) is 5.31. The molecular weight excluding hydrogens is 230 g/mol. The molecule has 17 heavy (non-hydrogen) atoms. The van der Waals surface area contributed by atoms with E-state index in [1.165, 1.54) is 48.5 Å². The van der Waals surface area contributed by atoms with E-state index < -0.39 is 0 Å². The SMILES string of the molecule is CN(c1ncc(CNC2CC2)s1)C1CCCC1. The molecule has 4 heteroatoms. The van der Waals surface area contributed by atoms with Gasteiger partial charge in [-0.25, -0.2) is 4.98 Å². The minimum absolute atomic E-state index is 0.727. The topological polar surface area (TPSA) is 28.2 Å². The molecule has 2 aliphatic rings. The van der Waals surface area contributed by atoms with Crippen LogP contribution in [0.3, 0.4) is 0 Å². The highest BCUT2D eigenvalue weighted by atomic mass is 32.1. The summed E-state index contributed by atoms with van der Waals surface area (Å²) in [7, 11) is 2.20. The molecule has 1 N–H and O–H groups in total. The lowest BCUT2D eigenvalue weighted by Gasteiger charge is -2.23. The summed E-state index contributed by atoms with van der Waals surface area (Å²) < 4.78 is 0. The summed E-state index contributed by atoms with van der Waals surface area (Å²) >= 11 is 1.85. The first-order chi connectivity index (χ1) is 8.33. The number of rotatable bonds is 5. The van der Waals surface area contributed by atoms with Crippen molar-refractivity contribution in [2.24, 2.45) is 0 Å². The van der Waals surface area contributed by atoms with E-state index >= 15 is 0 Å². The van der Waals surface area contributed by atoms with E-state index in [-0.39, 0.29) is 0 Å². The Bertz CT molecular complexity index is 366. The third-order valence-electron chi connectivity index (χ3n) is 3.86. The van der Waals surface area contributed by atoms with Crippen molar-refractivity contribution in [2.75, 3.05) is 11.9 Å². The molecule has 0 spiro atoms. The van der Waals surface area contributed by atoms with Crippen LogP contribution in [0.2, 0.25) is 0 Å². The fourth-order valence-electron chi connectivity index (χ4n) is 2.52. The first-order valence-electron chi connectivity index (χ1n) is 6.74. The largest absolute Gasteiger partial charge is 0.348 e. The van der Waals surface area contributed by atoms with Gasteiger partial charge in [0.05, 0.1) is 0 Å². The van der Waals surface area contributed by atoms with Crippen molar-refractivity contribution >= 4 is 16.5 Å². The number of anilines is 1. The predicted molar refractivity (Wildman–Crippen MR) is 72.6 cm³/mol. The zero-order chi connectivity index (χ0) is 11.7. The second kappa shape index (κ2) is 4.94. The van der Waals surface area contributed by atoms with Gasteiger partial charge in [-0.1, -0.05) is 12.8 Å². The van der Waals surface area contributed by atoms with Crippen molar-refractivity contribution in [1.29, 1.82) is 0 Å². The van der Waals surface area contributed by atoms with Gasteiger partial charge in [0.15, 0.2) is 5.13 Å². The average Bonchev–Trinajstić information content (AvgIpc) is 2.86. The van der Waals surface area contributed by atoms with E-state index in [4.69, 9.17) is 0 Å². The average molecular weight is 251 g/mol. The Kier molecular flexibility index (Phi) is 3.34. The Labute approximate surface area is 107 Å². The van der Waals surface area contributed by atoms with Gasteiger partial charge in [-0.3, -0.25) is 0 Å². The lowest BCUT2D eigenvalue weighted by Crippen LogP contribution is -2.28. The molecule has 0 saturated heterocycles. The summed E-state index contributed by atoms with van der Waals surface area (Å²) in [5, 5.41) is 4.75. The number of thiazole rings is 1. The number of hydrogen-bond donors (Lipinski definition) is 1. The quantitative estimate of drug-likeness (QED) is 0.872. The van der Waals surface area contributed by atoms with Gasteiger partial charge in [0, 0.05) is 36.8 Å². The third-order valence-corrected chi connectivity index (χ3v) is 4.95. The van der Waals surface area contributed by atoms with Crippen LogP contribution >= 0.6 is 11.3 Å². The molecule has 2 aliphatic carbocycles. The van der Waals surface area contributed by atoms with Crippen molar-refractivity contribution in [3.63, 3.8) is 0 Å². The molecule has 94 valence electrons. The molecule has 0 atom stereocenters. The molecule has 1 heterocycles. The predicted octanol–water partition coefficient (Wildman–Crippen LogP) is 2.77. The van der Waals surface area contributed by atoms with Crippen LogP contribution in [0.1, 0.15) is 43.4 Å². The van der Waals surface area contributed by atoms with Gasteiger partial charge < -0.3 is 10.2 Å². The van der Waals surface area contributed by atoms with Gasteiger partial charge >= 0.3 is 0 Å². The molecule has 0 aromatic carbocycles. The van der Waals surface area contributed by atoms with Gasteiger partial charge in [-0.05, 0) is 25.7 Å². The molecule has 3 nitrogen and oxygen atoms in total. The highest BCUT2D eigenvalue weighted by Crippen LogP contribution is 2.30. The summed E-state index contributed by atoms with van der Waals surface area (Å²) in [6, 6.07) is 1.51. The van der Waals surface area contributed by atoms with Crippen LogP contribution in [-0.4, -0.2) is 24.1 Å². The van der Waals surface area contributed by atoms with E-state index in [9.17, 15) is 0 Å². The molecule has 0 bridgehead atoms. The summed E-state index contributed by atoms with van der Waals surface area (Å²) in [6.45, 7) is 1.00. The lowest BCUT2D eigenvalue weighted by molar-refractivity contribution is 0.651. The maximum absolute atomic E-state index is 4.56. The van der Waals surface area contributed by atoms with Crippen LogP contribution in [-0.2, 0) is 6.54 Å². The van der Waals surface area contributed by atoms with E-state index in [2.05, 4.69) is 22.2 Å². The Hall–Kier alpha value is -0.610. The van der Waals surface area contributed by atoms with E-state index in [1.807, 2.05) is 17.5 Å². The van der Waals surface area contributed by atoms with Crippen LogP contribution in [0, 0.1) is 0 Å². The molecule has 2 fully saturated rings. The molecular formula is C13H21N3S. The molecule has 0 amide bonds. The van der Waals surface area contributed by atoms with E-state index in [0.29, 0.717) is 0 Å². The standard InChI is InChI=1S/C13H21N3S/c1-16(11-4-2-3-5-11)13-15-9-12(17-13)8-14-10-6-7-10/h9-11,14H,2-8H2,1H3. The highest BCUT2D eigenvalue weighted by molar-refractivity contribution is 7.15. The van der Waals surface area contributed by atoms with E-state index in [1.54, 1.807) is 0 Å². The number of nitrogens with one attached hydrogen (secondary N) is 1. The second-order valence-corrected chi connectivity index (χ2v) is 6.41. The number of hydrogen-bond acceptors (Lipinski definition) is 4. The van der Waals surface area contributed by atoms with Crippen molar-refractivity contribution in [3.8, 4) is 0 Å². The molecule has 2 saturated carbocycles. The summed E-state index contributed by atoms with van der Waals surface area (Å²) in [6.07, 6.45) is 10.2. The fraction of sp³-hybridized carbons (Fsp3) is 0.769. The maximum Gasteiger partial charge on any atom is 0.185 e. The van der Waals surface area contributed by atoms with Crippen LogP contribution in [0.25, 0.3) is 0 Å². The summed E-state index contributed by atoms with van der Waals surface area (Å²) in [5.74, 6) is 0. The summed E-state index contributed by atoms with van der Waals surface area (Å²) in [4.78, 5) is 8.32. The molecule has 3 rings (SSSR count). The molecule has 1 aromatic rings. The summed E-state index contributed by atoms with van der Waals surface area (Å²) in [5.41, 5.74) is 0.